The molecule has 0 bridgehead atoms. The van der Waals surface area contributed by atoms with Crippen molar-refractivity contribution in [2.24, 2.45) is 7.05 Å². The van der Waals surface area contributed by atoms with E-state index in [1.165, 1.54) is 6.33 Å². The van der Waals surface area contributed by atoms with Gasteiger partial charge in [-0.25, -0.2) is 4.98 Å². The molecule has 16 heavy (non-hydrogen) atoms. The highest BCUT2D eigenvalue weighted by molar-refractivity contribution is 5.80. The first-order valence-electron chi connectivity index (χ1n) is 5.15. The van der Waals surface area contributed by atoms with Gasteiger partial charge in [-0.2, -0.15) is 5.10 Å². The Labute approximate surface area is 94.6 Å². The molecule has 0 aliphatic rings. The summed E-state index contributed by atoms with van der Waals surface area (Å²) in [5.41, 5.74) is 0. The number of carbonyl (C=O) groups is 1. The number of ether oxygens (including phenoxy) is 2. The summed E-state index contributed by atoms with van der Waals surface area (Å²) >= 11 is 0. The van der Waals surface area contributed by atoms with Crippen molar-refractivity contribution >= 4 is 5.78 Å². The van der Waals surface area contributed by atoms with Crippen LogP contribution < -0.4 is 0 Å². The Kier molecular flexibility index (Phi) is 5.66. The lowest BCUT2D eigenvalue weighted by atomic mass is 10.2. The first kappa shape index (κ1) is 12.8. The minimum Gasteiger partial charge on any atom is -0.382 e. The van der Waals surface area contributed by atoms with Gasteiger partial charge in [-0.15, -0.1) is 0 Å². The lowest BCUT2D eigenvalue weighted by Gasteiger charge is -2.03. The van der Waals surface area contributed by atoms with Crippen LogP contribution in [-0.4, -0.2) is 47.5 Å². The maximum absolute atomic E-state index is 11.5. The van der Waals surface area contributed by atoms with Crippen molar-refractivity contribution in [2.45, 2.75) is 12.8 Å². The first-order chi connectivity index (χ1) is 7.74. The van der Waals surface area contributed by atoms with Gasteiger partial charge in [0.15, 0.2) is 0 Å². The van der Waals surface area contributed by atoms with Crippen LogP contribution in [-0.2, 0) is 27.7 Å². The average molecular weight is 227 g/mol. The van der Waals surface area contributed by atoms with Gasteiger partial charge >= 0.3 is 0 Å². The summed E-state index contributed by atoms with van der Waals surface area (Å²) < 4.78 is 11.6. The van der Waals surface area contributed by atoms with Crippen LogP contribution in [0.3, 0.4) is 0 Å². The smallest absolute Gasteiger partial charge is 0.142 e. The molecule has 1 rings (SSSR count). The highest BCUT2D eigenvalue weighted by atomic mass is 16.5. The number of Topliss-reactive ketones (excluding diaryl/α,β-unsaturated/α-hetero) is 1. The molecule has 0 N–H and O–H groups in total. The van der Waals surface area contributed by atoms with Gasteiger partial charge < -0.3 is 9.47 Å². The minimum atomic E-state index is 0.105. The summed E-state index contributed by atoms with van der Waals surface area (Å²) in [5, 5.41) is 3.90. The molecule has 0 amide bonds. The van der Waals surface area contributed by atoms with E-state index in [1.807, 2.05) is 0 Å². The van der Waals surface area contributed by atoms with Crippen LogP contribution >= 0.6 is 0 Å². The van der Waals surface area contributed by atoms with Gasteiger partial charge in [0, 0.05) is 20.6 Å². The third-order valence-electron chi connectivity index (χ3n) is 2.12. The third kappa shape index (κ3) is 4.50. The van der Waals surface area contributed by atoms with Gasteiger partial charge in [-0.1, -0.05) is 0 Å². The number of aromatic nitrogens is 3. The molecule has 0 unspecified atom stereocenters. The fourth-order valence-electron chi connectivity index (χ4n) is 1.18. The number of aryl methyl sites for hydroxylation is 1. The Balaban J connectivity index is 2.14. The number of hydrogen-bond acceptors (Lipinski definition) is 5. The molecule has 6 heteroatoms. The summed E-state index contributed by atoms with van der Waals surface area (Å²) in [5.74, 6) is 0.787. The SMILES string of the molecule is COCCOCCC(=O)Cc1ncnn1C. The van der Waals surface area contributed by atoms with Crippen molar-refractivity contribution in [3.63, 3.8) is 0 Å². The van der Waals surface area contributed by atoms with Crippen LogP contribution in [0, 0.1) is 0 Å². The summed E-state index contributed by atoms with van der Waals surface area (Å²) in [7, 11) is 3.38. The van der Waals surface area contributed by atoms with Gasteiger partial charge in [-0.05, 0) is 0 Å². The summed E-state index contributed by atoms with van der Waals surface area (Å²) in [6.07, 6.45) is 2.15. The highest BCUT2D eigenvalue weighted by Crippen LogP contribution is 1.97. The summed E-state index contributed by atoms with van der Waals surface area (Å²) in [6, 6.07) is 0. The molecule has 0 atom stereocenters. The summed E-state index contributed by atoms with van der Waals surface area (Å²) in [4.78, 5) is 15.5. The number of rotatable bonds is 8. The predicted octanol–water partition coefficient (Wildman–Crippen LogP) is -0.0202. The zero-order valence-electron chi connectivity index (χ0n) is 9.68. The predicted molar refractivity (Wildman–Crippen MR) is 57.0 cm³/mol. The molecule has 1 aromatic heterocycles. The maximum atomic E-state index is 11.5. The fraction of sp³-hybridized carbons (Fsp3) is 0.700. The second-order valence-electron chi connectivity index (χ2n) is 3.37. The van der Waals surface area contributed by atoms with Crippen LogP contribution in [0.15, 0.2) is 6.33 Å². The van der Waals surface area contributed by atoms with Gasteiger partial charge in [0.05, 0.1) is 26.2 Å². The van der Waals surface area contributed by atoms with E-state index in [4.69, 9.17) is 9.47 Å². The molecule has 0 aliphatic heterocycles. The third-order valence-corrected chi connectivity index (χ3v) is 2.12. The van der Waals surface area contributed by atoms with Crippen LogP contribution in [0.25, 0.3) is 0 Å². The Morgan fingerprint density at radius 2 is 2.25 bits per heavy atom. The number of carbonyl (C=O) groups excluding carboxylic acids is 1. The van der Waals surface area contributed by atoms with Crippen molar-refractivity contribution in [3.05, 3.63) is 12.2 Å². The van der Waals surface area contributed by atoms with Crippen molar-refractivity contribution in [1.82, 2.24) is 14.8 Å². The van der Waals surface area contributed by atoms with Crippen LogP contribution in [0.5, 0.6) is 0 Å². The quantitative estimate of drug-likeness (QED) is 0.584. The van der Waals surface area contributed by atoms with E-state index in [1.54, 1.807) is 18.8 Å². The van der Waals surface area contributed by atoms with Crippen LogP contribution in [0.4, 0.5) is 0 Å². The lowest BCUT2D eigenvalue weighted by molar-refractivity contribution is -0.119. The first-order valence-corrected chi connectivity index (χ1v) is 5.15. The normalized spacial score (nSPS) is 10.6. The molecule has 1 heterocycles. The van der Waals surface area contributed by atoms with Gasteiger partial charge in [0.1, 0.15) is 17.9 Å². The number of methoxy groups -OCH3 is 1. The molecule has 0 saturated carbocycles. The topological polar surface area (TPSA) is 66.2 Å². The van der Waals surface area contributed by atoms with E-state index in [0.29, 0.717) is 38.5 Å². The number of hydrogen-bond donors (Lipinski definition) is 0. The van der Waals surface area contributed by atoms with Gasteiger partial charge in [0.25, 0.3) is 0 Å². The monoisotopic (exact) mass is 227 g/mol. The zero-order chi connectivity index (χ0) is 11.8. The Morgan fingerprint density at radius 1 is 1.44 bits per heavy atom. The second kappa shape index (κ2) is 7.08. The zero-order valence-corrected chi connectivity index (χ0v) is 9.68. The molecule has 0 spiro atoms. The van der Waals surface area contributed by atoms with Crippen molar-refractivity contribution in [1.29, 1.82) is 0 Å². The Hall–Kier alpha value is -1.27. The van der Waals surface area contributed by atoms with Crippen molar-refractivity contribution in [3.8, 4) is 0 Å². The van der Waals surface area contributed by atoms with E-state index in [-0.39, 0.29) is 5.78 Å². The van der Waals surface area contributed by atoms with Crippen molar-refractivity contribution in [2.75, 3.05) is 26.9 Å². The maximum Gasteiger partial charge on any atom is 0.142 e. The minimum absolute atomic E-state index is 0.105. The highest BCUT2D eigenvalue weighted by Gasteiger charge is 2.07. The fourth-order valence-corrected chi connectivity index (χ4v) is 1.18. The largest absolute Gasteiger partial charge is 0.382 e. The van der Waals surface area contributed by atoms with Crippen LogP contribution in [0.2, 0.25) is 0 Å². The van der Waals surface area contributed by atoms with E-state index < -0.39 is 0 Å². The van der Waals surface area contributed by atoms with E-state index in [0.717, 1.165) is 0 Å². The molecule has 6 nitrogen and oxygen atoms in total. The van der Waals surface area contributed by atoms with E-state index in [9.17, 15) is 4.79 Å². The lowest BCUT2D eigenvalue weighted by Crippen LogP contribution is -2.12. The molecular formula is C10H17N3O3. The molecule has 0 radical (unpaired) electrons. The number of nitrogens with zero attached hydrogens (tertiary/aromatic N) is 3. The molecule has 0 aromatic carbocycles. The molecule has 0 saturated heterocycles. The molecular weight excluding hydrogens is 210 g/mol. The summed E-state index contributed by atoms with van der Waals surface area (Å²) in [6.45, 7) is 1.51. The van der Waals surface area contributed by atoms with Crippen molar-refractivity contribution < 1.29 is 14.3 Å². The molecule has 0 aliphatic carbocycles. The molecule has 0 fully saturated rings. The average Bonchev–Trinajstić information content (AvgIpc) is 2.64. The second-order valence-corrected chi connectivity index (χ2v) is 3.37. The van der Waals surface area contributed by atoms with Gasteiger partial charge in [-0.3, -0.25) is 9.48 Å². The van der Waals surface area contributed by atoms with E-state index >= 15 is 0 Å². The molecule has 1 aromatic rings. The Morgan fingerprint density at radius 3 is 2.88 bits per heavy atom. The molecule has 90 valence electrons. The standard InChI is InChI=1S/C10H17N3O3/c1-13-10(11-8-12-13)7-9(14)3-4-16-6-5-15-2/h8H,3-7H2,1-2H3. The van der Waals surface area contributed by atoms with Gasteiger partial charge in [0.2, 0.25) is 0 Å². The number of ketones is 1. The van der Waals surface area contributed by atoms with Crippen LogP contribution in [0.1, 0.15) is 12.2 Å². The Bertz CT molecular complexity index is 325. The van der Waals surface area contributed by atoms with E-state index in [2.05, 4.69) is 10.1 Å².